The van der Waals surface area contributed by atoms with Crippen LogP contribution < -0.4 is 11.1 Å². The zero-order valence-corrected chi connectivity index (χ0v) is 8.80. The molecule has 0 radical (unpaired) electrons. The second-order valence-corrected chi connectivity index (χ2v) is 3.67. The molecule has 4 nitrogen and oxygen atoms in total. The summed E-state index contributed by atoms with van der Waals surface area (Å²) in [5.74, 6) is -3.48. The van der Waals surface area contributed by atoms with Crippen LogP contribution in [-0.2, 0) is 4.79 Å². The van der Waals surface area contributed by atoms with Crippen molar-refractivity contribution in [2.75, 3.05) is 19.7 Å². The van der Waals surface area contributed by atoms with Crippen LogP contribution in [0.15, 0.2) is 0 Å². The lowest BCUT2D eigenvalue weighted by molar-refractivity contribution is -0.124. The Morgan fingerprint density at radius 3 is 2.67 bits per heavy atom. The molecule has 0 saturated carbocycles. The summed E-state index contributed by atoms with van der Waals surface area (Å²) in [5, 5.41) is 10.3. The molecule has 0 spiro atoms. The van der Waals surface area contributed by atoms with E-state index < -0.39 is 25.0 Å². The molecule has 0 aliphatic heterocycles. The van der Waals surface area contributed by atoms with Crippen LogP contribution in [0.25, 0.3) is 0 Å². The molecule has 1 atom stereocenters. The lowest BCUT2D eigenvalue weighted by Gasteiger charge is -2.14. The van der Waals surface area contributed by atoms with Crippen LogP contribution in [0.4, 0.5) is 8.78 Å². The number of alkyl halides is 2. The van der Waals surface area contributed by atoms with E-state index >= 15 is 0 Å². The van der Waals surface area contributed by atoms with Crippen molar-refractivity contribution in [3.63, 3.8) is 0 Å². The summed E-state index contributed by atoms with van der Waals surface area (Å²) < 4.78 is 25.0. The minimum atomic E-state index is -3.24. The molecular weight excluding hydrogens is 206 g/mol. The predicted molar refractivity (Wildman–Crippen MR) is 52.5 cm³/mol. The molecule has 90 valence electrons. The number of hydrogen-bond donors (Lipinski definition) is 3. The lowest BCUT2D eigenvalue weighted by atomic mass is 10.1. The van der Waals surface area contributed by atoms with E-state index in [9.17, 15) is 13.6 Å². The first-order valence-electron chi connectivity index (χ1n) is 4.86. The van der Waals surface area contributed by atoms with Crippen molar-refractivity contribution in [2.45, 2.75) is 25.7 Å². The summed E-state index contributed by atoms with van der Waals surface area (Å²) in [6, 6.07) is 0. The molecule has 1 unspecified atom stereocenters. The van der Waals surface area contributed by atoms with Gasteiger partial charge in [0.25, 0.3) is 5.92 Å². The zero-order chi connectivity index (χ0) is 11.9. The zero-order valence-electron chi connectivity index (χ0n) is 8.80. The quantitative estimate of drug-likeness (QED) is 0.574. The number of aliphatic hydroxyl groups is 1. The van der Waals surface area contributed by atoms with Gasteiger partial charge >= 0.3 is 0 Å². The fourth-order valence-corrected chi connectivity index (χ4v) is 0.868. The van der Waals surface area contributed by atoms with Crippen molar-refractivity contribution in [3.8, 4) is 0 Å². The van der Waals surface area contributed by atoms with E-state index in [2.05, 4.69) is 5.32 Å². The maximum Gasteiger partial charge on any atom is 0.287 e. The van der Waals surface area contributed by atoms with Crippen molar-refractivity contribution in [2.24, 2.45) is 11.7 Å². The largest absolute Gasteiger partial charge is 0.390 e. The summed E-state index contributed by atoms with van der Waals surface area (Å²) in [7, 11) is 0. The van der Waals surface area contributed by atoms with E-state index in [0.717, 1.165) is 0 Å². The lowest BCUT2D eigenvalue weighted by Crippen LogP contribution is -2.39. The van der Waals surface area contributed by atoms with Crippen LogP contribution in [0, 0.1) is 5.92 Å². The van der Waals surface area contributed by atoms with Crippen molar-refractivity contribution in [3.05, 3.63) is 0 Å². The van der Waals surface area contributed by atoms with Gasteiger partial charge in [0.2, 0.25) is 5.91 Å². The van der Waals surface area contributed by atoms with Crippen LogP contribution in [0.2, 0.25) is 0 Å². The number of amides is 1. The molecule has 0 aliphatic rings. The Balaban J connectivity index is 3.67. The molecule has 1 amide bonds. The molecule has 0 aromatic carbocycles. The van der Waals surface area contributed by atoms with Gasteiger partial charge in [0.15, 0.2) is 0 Å². The topological polar surface area (TPSA) is 75.4 Å². The third kappa shape index (κ3) is 7.21. The first-order valence-corrected chi connectivity index (χ1v) is 4.86. The highest BCUT2D eigenvalue weighted by atomic mass is 19.3. The minimum absolute atomic E-state index is 0.180. The molecule has 4 N–H and O–H groups in total. The van der Waals surface area contributed by atoms with Crippen LogP contribution in [-0.4, -0.2) is 36.6 Å². The van der Waals surface area contributed by atoms with Crippen molar-refractivity contribution >= 4 is 5.91 Å². The Kier molecular flexibility index (Phi) is 6.35. The Morgan fingerprint density at radius 1 is 1.60 bits per heavy atom. The number of carbonyl (C=O) groups excluding carboxylic acids is 1. The minimum Gasteiger partial charge on any atom is -0.390 e. The molecule has 0 aliphatic carbocycles. The van der Waals surface area contributed by atoms with Gasteiger partial charge in [-0.15, -0.1) is 0 Å². The summed E-state index contributed by atoms with van der Waals surface area (Å²) in [4.78, 5) is 11.1. The van der Waals surface area contributed by atoms with Crippen LogP contribution >= 0.6 is 0 Å². The van der Waals surface area contributed by atoms with Crippen LogP contribution in [0.3, 0.4) is 0 Å². The van der Waals surface area contributed by atoms with Gasteiger partial charge in [0.05, 0.1) is 6.54 Å². The monoisotopic (exact) mass is 224 g/mol. The number of aliphatic hydroxyl groups excluding tert-OH is 1. The number of halogens is 2. The Hall–Kier alpha value is -0.750. The molecule has 0 aromatic heterocycles. The maximum atomic E-state index is 12.5. The summed E-state index contributed by atoms with van der Waals surface area (Å²) in [5.41, 5.74) is 5.34. The summed E-state index contributed by atoms with van der Waals surface area (Å²) in [6.07, 6.45) is 0.757. The molecule has 0 saturated heterocycles. The molecular formula is C9H18F2N2O2. The first-order chi connectivity index (χ1) is 6.91. The van der Waals surface area contributed by atoms with Crippen molar-refractivity contribution < 1.29 is 18.7 Å². The highest BCUT2D eigenvalue weighted by Gasteiger charge is 2.27. The van der Waals surface area contributed by atoms with Gasteiger partial charge in [-0.1, -0.05) is 6.92 Å². The van der Waals surface area contributed by atoms with Crippen molar-refractivity contribution in [1.82, 2.24) is 5.32 Å². The standard InChI is InChI=1S/C9H18F2N2O2/c1-7(4-12)2-3-8(15)13-5-9(10,11)6-14/h7,14H,2-6,12H2,1H3,(H,13,15). The van der Waals surface area contributed by atoms with Crippen LogP contribution in [0.5, 0.6) is 0 Å². The van der Waals surface area contributed by atoms with Crippen LogP contribution in [0.1, 0.15) is 19.8 Å². The Bertz CT molecular complexity index is 201. The molecule has 0 heterocycles. The SMILES string of the molecule is CC(CN)CCC(=O)NCC(F)(F)CO. The van der Waals surface area contributed by atoms with E-state index in [0.29, 0.717) is 13.0 Å². The number of hydrogen-bond acceptors (Lipinski definition) is 3. The highest BCUT2D eigenvalue weighted by Crippen LogP contribution is 2.10. The van der Waals surface area contributed by atoms with Gasteiger partial charge in [0, 0.05) is 6.42 Å². The smallest absolute Gasteiger partial charge is 0.287 e. The highest BCUT2D eigenvalue weighted by molar-refractivity contribution is 5.75. The maximum absolute atomic E-state index is 12.5. The van der Waals surface area contributed by atoms with Gasteiger partial charge in [-0.05, 0) is 18.9 Å². The van der Waals surface area contributed by atoms with E-state index in [4.69, 9.17) is 10.8 Å². The molecule has 15 heavy (non-hydrogen) atoms. The summed E-state index contributed by atoms with van der Waals surface area (Å²) >= 11 is 0. The van der Waals surface area contributed by atoms with Gasteiger partial charge < -0.3 is 16.2 Å². The van der Waals surface area contributed by atoms with Gasteiger partial charge in [-0.3, -0.25) is 4.79 Å². The van der Waals surface area contributed by atoms with Gasteiger partial charge in [-0.2, -0.15) is 0 Å². The fourth-order valence-electron chi connectivity index (χ4n) is 0.868. The molecule has 6 heteroatoms. The first kappa shape index (κ1) is 14.2. The number of carbonyl (C=O) groups is 1. The normalized spacial score (nSPS) is 13.7. The molecule has 0 rings (SSSR count). The van der Waals surface area contributed by atoms with E-state index in [-0.39, 0.29) is 12.3 Å². The predicted octanol–water partition coefficient (Wildman–Crippen LogP) is 0.105. The Morgan fingerprint density at radius 2 is 2.20 bits per heavy atom. The molecule has 0 fully saturated rings. The second-order valence-electron chi connectivity index (χ2n) is 3.67. The van der Waals surface area contributed by atoms with E-state index in [1.807, 2.05) is 6.92 Å². The molecule has 0 bridgehead atoms. The van der Waals surface area contributed by atoms with Gasteiger partial charge in [-0.25, -0.2) is 8.78 Å². The number of rotatable bonds is 7. The van der Waals surface area contributed by atoms with Crippen molar-refractivity contribution in [1.29, 1.82) is 0 Å². The van der Waals surface area contributed by atoms with E-state index in [1.54, 1.807) is 0 Å². The summed E-state index contributed by atoms with van der Waals surface area (Å²) in [6.45, 7) is 0.279. The molecule has 0 aromatic rings. The second kappa shape index (κ2) is 6.68. The number of nitrogens with two attached hydrogens (primary N) is 1. The fraction of sp³-hybridized carbons (Fsp3) is 0.889. The third-order valence-corrected chi connectivity index (χ3v) is 2.04. The van der Waals surface area contributed by atoms with E-state index in [1.165, 1.54) is 0 Å². The number of nitrogens with one attached hydrogen (secondary N) is 1. The average Bonchev–Trinajstić information content (AvgIpc) is 2.23. The third-order valence-electron chi connectivity index (χ3n) is 2.04. The average molecular weight is 224 g/mol. The van der Waals surface area contributed by atoms with Gasteiger partial charge in [0.1, 0.15) is 6.61 Å². The Labute approximate surface area is 87.8 Å².